The van der Waals surface area contributed by atoms with Gasteiger partial charge in [-0.05, 0) is 52.9 Å². The van der Waals surface area contributed by atoms with Crippen LogP contribution in [0.1, 0.15) is 22.2 Å². The Morgan fingerprint density at radius 3 is 2.62 bits per heavy atom. The fourth-order valence-electron chi connectivity index (χ4n) is 2.15. The summed E-state index contributed by atoms with van der Waals surface area (Å²) in [4.78, 5) is 12.2. The molecule has 0 radical (unpaired) electrons. The van der Waals surface area contributed by atoms with Gasteiger partial charge in [0.1, 0.15) is 0 Å². The van der Waals surface area contributed by atoms with E-state index in [0.29, 0.717) is 18.8 Å². The number of amides is 1. The molecular weight excluding hydrogens is 381 g/mol. The van der Waals surface area contributed by atoms with Gasteiger partial charge in [-0.25, -0.2) is 0 Å². The van der Waals surface area contributed by atoms with E-state index in [0.717, 1.165) is 14.8 Å². The smallest absolute Gasteiger partial charge is 0.255 e. The van der Waals surface area contributed by atoms with Crippen LogP contribution in [0.15, 0.2) is 48.5 Å². The van der Waals surface area contributed by atoms with Gasteiger partial charge in [-0.3, -0.25) is 4.79 Å². The van der Waals surface area contributed by atoms with Crippen LogP contribution in [-0.2, 0) is 9.47 Å². The number of ether oxygens (including phenoxy) is 2. The molecule has 0 unspecified atom stereocenters. The molecule has 1 fully saturated rings. The molecule has 1 saturated heterocycles. The molecule has 2 aromatic rings. The normalized spacial score (nSPS) is 15.1. The van der Waals surface area contributed by atoms with Gasteiger partial charge in [-0.1, -0.05) is 18.2 Å². The fraction of sp³-hybridized carbons (Fsp3) is 0.188. The lowest BCUT2D eigenvalue weighted by Crippen LogP contribution is -2.12. The van der Waals surface area contributed by atoms with Crippen molar-refractivity contribution >= 4 is 34.2 Å². The predicted octanol–water partition coefficient (Wildman–Crippen LogP) is 3.59. The maximum Gasteiger partial charge on any atom is 0.255 e. The van der Waals surface area contributed by atoms with Crippen molar-refractivity contribution in [3.8, 4) is 0 Å². The van der Waals surface area contributed by atoms with Gasteiger partial charge in [0.15, 0.2) is 6.29 Å². The van der Waals surface area contributed by atoms with Crippen molar-refractivity contribution in [2.45, 2.75) is 6.29 Å². The van der Waals surface area contributed by atoms with Gasteiger partial charge < -0.3 is 14.8 Å². The molecule has 1 N–H and O–H groups in total. The predicted molar refractivity (Wildman–Crippen MR) is 88.2 cm³/mol. The fourth-order valence-corrected chi connectivity index (χ4v) is 2.69. The Labute approximate surface area is 136 Å². The minimum absolute atomic E-state index is 0.126. The first-order valence-corrected chi connectivity index (χ1v) is 7.70. The summed E-state index contributed by atoms with van der Waals surface area (Å²) in [6, 6.07) is 15.0. The van der Waals surface area contributed by atoms with Gasteiger partial charge in [0.05, 0.1) is 13.2 Å². The number of hydrogen-bond donors (Lipinski definition) is 1. The molecule has 0 saturated carbocycles. The van der Waals surface area contributed by atoms with Crippen LogP contribution in [0, 0.1) is 3.57 Å². The van der Waals surface area contributed by atoms with Crippen LogP contribution in [0.5, 0.6) is 0 Å². The van der Waals surface area contributed by atoms with Crippen LogP contribution in [0.4, 0.5) is 5.69 Å². The van der Waals surface area contributed by atoms with Crippen molar-refractivity contribution in [3.63, 3.8) is 0 Å². The van der Waals surface area contributed by atoms with Crippen molar-refractivity contribution in [3.05, 3.63) is 63.2 Å². The highest BCUT2D eigenvalue weighted by Gasteiger charge is 2.18. The topological polar surface area (TPSA) is 47.6 Å². The minimum atomic E-state index is -0.334. The quantitative estimate of drug-likeness (QED) is 0.809. The number of hydrogen-bond acceptors (Lipinski definition) is 3. The second kappa shape index (κ2) is 6.55. The lowest BCUT2D eigenvalue weighted by molar-refractivity contribution is -0.0440. The van der Waals surface area contributed by atoms with Gasteiger partial charge in [0, 0.05) is 20.4 Å². The Morgan fingerprint density at radius 2 is 1.86 bits per heavy atom. The van der Waals surface area contributed by atoms with Gasteiger partial charge >= 0.3 is 0 Å². The highest BCUT2D eigenvalue weighted by molar-refractivity contribution is 14.1. The average molecular weight is 395 g/mol. The van der Waals surface area contributed by atoms with Crippen LogP contribution >= 0.6 is 22.6 Å². The van der Waals surface area contributed by atoms with Crippen molar-refractivity contribution in [1.29, 1.82) is 0 Å². The standard InChI is InChI=1S/C16H14INO3/c17-13-5-1-3-11(9-13)15(19)18-14-6-2-4-12(10-14)16-20-7-8-21-16/h1-6,9-10,16H,7-8H2,(H,18,19). The van der Waals surface area contributed by atoms with Gasteiger partial charge in [0.2, 0.25) is 0 Å². The third kappa shape index (κ3) is 3.61. The molecule has 0 spiro atoms. The molecular formula is C16H14INO3. The summed E-state index contributed by atoms with van der Waals surface area (Å²) in [6.45, 7) is 1.20. The number of carbonyl (C=O) groups excluding carboxylic acids is 1. The summed E-state index contributed by atoms with van der Waals surface area (Å²) in [7, 11) is 0. The molecule has 2 aromatic carbocycles. The highest BCUT2D eigenvalue weighted by atomic mass is 127. The summed E-state index contributed by atoms with van der Waals surface area (Å²) in [5.41, 5.74) is 2.28. The zero-order chi connectivity index (χ0) is 14.7. The molecule has 1 heterocycles. The number of carbonyl (C=O) groups is 1. The SMILES string of the molecule is O=C(Nc1cccc(C2OCCO2)c1)c1cccc(I)c1. The second-order valence-electron chi connectivity index (χ2n) is 4.66. The van der Waals surface area contributed by atoms with E-state index < -0.39 is 0 Å². The maximum atomic E-state index is 12.2. The molecule has 0 aliphatic carbocycles. The Morgan fingerprint density at radius 1 is 1.10 bits per heavy atom. The van der Waals surface area contributed by atoms with Gasteiger partial charge in [-0.2, -0.15) is 0 Å². The van der Waals surface area contributed by atoms with Crippen LogP contribution < -0.4 is 5.32 Å². The molecule has 3 rings (SSSR count). The Bertz CT molecular complexity index is 653. The van der Waals surface area contributed by atoms with E-state index in [4.69, 9.17) is 9.47 Å². The first kappa shape index (κ1) is 14.5. The maximum absolute atomic E-state index is 12.2. The third-order valence-electron chi connectivity index (χ3n) is 3.13. The number of benzene rings is 2. The first-order chi connectivity index (χ1) is 10.2. The van der Waals surface area contributed by atoms with E-state index in [-0.39, 0.29) is 12.2 Å². The summed E-state index contributed by atoms with van der Waals surface area (Å²) >= 11 is 2.19. The number of rotatable bonds is 3. The van der Waals surface area contributed by atoms with Gasteiger partial charge in [0.25, 0.3) is 5.91 Å². The van der Waals surface area contributed by atoms with Crippen molar-refractivity contribution in [2.24, 2.45) is 0 Å². The average Bonchev–Trinajstić information content (AvgIpc) is 3.02. The lowest BCUT2D eigenvalue weighted by Gasteiger charge is -2.11. The van der Waals surface area contributed by atoms with Crippen LogP contribution in [0.3, 0.4) is 0 Å². The number of anilines is 1. The Hall–Kier alpha value is -1.44. The number of nitrogens with one attached hydrogen (secondary N) is 1. The molecule has 108 valence electrons. The molecule has 0 aromatic heterocycles. The molecule has 1 aliphatic rings. The van der Waals surface area contributed by atoms with Crippen molar-refractivity contribution in [2.75, 3.05) is 18.5 Å². The summed E-state index contributed by atoms with van der Waals surface area (Å²) in [5.74, 6) is -0.126. The highest BCUT2D eigenvalue weighted by Crippen LogP contribution is 2.25. The molecule has 21 heavy (non-hydrogen) atoms. The molecule has 0 atom stereocenters. The summed E-state index contributed by atoms with van der Waals surface area (Å²) in [6.07, 6.45) is -0.334. The Kier molecular flexibility index (Phi) is 4.52. The van der Waals surface area contributed by atoms with E-state index >= 15 is 0 Å². The zero-order valence-corrected chi connectivity index (χ0v) is 13.4. The van der Waals surface area contributed by atoms with E-state index in [1.165, 1.54) is 0 Å². The first-order valence-electron chi connectivity index (χ1n) is 6.62. The minimum Gasteiger partial charge on any atom is -0.346 e. The van der Waals surface area contributed by atoms with Crippen molar-refractivity contribution in [1.82, 2.24) is 0 Å². The molecule has 1 aliphatic heterocycles. The summed E-state index contributed by atoms with van der Waals surface area (Å²) < 4.78 is 12.0. The monoisotopic (exact) mass is 395 g/mol. The van der Waals surface area contributed by atoms with E-state index in [2.05, 4.69) is 27.9 Å². The molecule has 5 heteroatoms. The lowest BCUT2D eigenvalue weighted by atomic mass is 10.1. The van der Waals surface area contributed by atoms with Crippen LogP contribution in [0.25, 0.3) is 0 Å². The molecule has 1 amide bonds. The van der Waals surface area contributed by atoms with Gasteiger partial charge in [-0.15, -0.1) is 0 Å². The second-order valence-corrected chi connectivity index (χ2v) is 5.91. The van der Waals surface area contributed by atoms with E-state index in [1.807, 2.05) is 42.5 Å². The largest absolute Gasteiger partial charge is 0.346 e. The van der Waals surface area contributed by atoms with E-state index in [1.54, 1.807) is 6.07 Å². The number of halogens is 1. The van der Waals surface area contributed by atoms with E-state index in [9.17, 15) is 4.79 Å². The molecule has 4 nitrogen and oxygen atoms in total. The zero-order valence-electron chi connectivity index (χ0n) is 11.2. The molecule has 0 bridgehead atoms. The van der Waals surface area contributed by atoms with Crippen molar-refractivity contribution < 1.29 is 14.3 Å². The van der Waals surface area contributed by atoms with Crippen LogP contribution in [-0.4, -0.2) is 19.1 Å². The summed E-state index contributed by atoms with van der Waals surface area (Å²) in [5, 5.41) is 2.90. The van der Waals surface area contributed by atoms with Crippen LogP contribution in [0.2, 0.25) is 0 Å². The Balaban J connectivity index is 1.75. The third-order valence-corrected chi connectivity index (χ3v) is 3.80.